The Kier molecular flexibility index (Phi) is 5.29. The van der Waals surface area contributed by atoms with E-state index in [0.717, 1.165) is 73.4 Å². The number of nitrogens with zero attached hydrogens (tertiary/aromatic N) is 1. The van der Waals surface area contributed by atoms with Gasteiger partial charge >= 0.3 is 5.63 Å². The number of amides is 1. The van der Waals surface area contributed by atoms with Crippen LogP contribution in [0.15, 0.2) is 21.3 Å². The van der Waals surface area contributed by atoms with Gasteiger partial charge in [-0.1, -0.05) is 12.8 Å². The van der Waals surface area contributed by atoms with Gasteiger partial charge in [-0.25, -0.2) is 4.79 Å². The number of fused-ring (bicyclic) bond motifs is 4. The maximum atomic E-state index is 13.0. The Morgan fingerprint density at radius 3 is 2.84 bits per heavy atom. The first-order valence-corrected chi connectivity index (χ1v) is 11.7. The summed E-state index contributed by atoms with van der Waals surface area (Å²) in [6, 6.07) is 3.80. The highest BCUT2D eigenvalue weighted by molar-refractivity contribution is 5.89. The normalized spacial score (nSPS) is 25.7. The first-order chi connectivity index (χ1) is 14.9. The van der Waals surface area contributed by atoms with E-state index >= 15 is 0 Å². The van der Waals surface area contributed by atoms with Crippen LogP contribution in [0.5, 0.6) is 5.75 Å². The largest absolute Gasteiger partial charge is 0.483 e. The smallest absolute Gasteiger partial charge is 0.339 e. The van der Waals surface area contributed by atoms with Gasteiger partial charge < -0.3 is 19.2 Å². The van der Waals surface area contributed by atoms with Gasteiger partial charge in [-0.3, -0.25) is 4.79 Å². The lowest BCUT2D eigenvalue weighted by Gasteiger charge is -2.47. The second kappa shape index (κ2) is 7.97. The Bertz CT molecular complexity index is 1070. The van der Waals surface area contributed by atoms with Crippen molar-refractivity contribution in [2.75, 3.05) is 19.7 Å². The average molecular weight is 426 g/mol. The zero-order chi connectivity index (χ0) is 21.6. The van der Waals surface area contributed by atoms with E-state index in [9.17, 15) is 14.7 Å². The summed E-state index contributed by atoms with van der Waals surface area (Å²) in [4.78, 5) is 27.2. The molecule has 1 aliphatic heterocycles. The number of piperidine rings is 1. The van der Waals surface area contributed by atoms with Crippen LogP contribution in [0.4, 0.5) is 0 Å². The molecule has 31 heavy (non-hydrogen) atoms. The summed E-state index contributed by atoms with van der Waals surface area (Å²) >= 11 is 0. The van der Waals surface area contributed by atoms with Crippen LogP contribution in [-0.4, -0.2) is 41.2 Å². The molecule has 6 heteroatoms. The number of aryl methyl sites for hydroxylation is 2. The topological polar surface area (TPSA) is 80.0 Å². The predicted molar refractivity (Wildman–Crippen MR) is 117 cm³/mol. The maximum Gasteiger partial charge on any atom is 0.339 e. The van der Waals surface area contributed by atoms with Crippen molar-refractivity contribution in [3.8, 4) is 5.75 Å². The molecule has 1 saturated carbocycles. The predicted octanol–water partition coefficient (Wildman–Crippen LogP) is 3.51. The fourth-order valence-electron chi connectivity index (χ4n) is 5.81. The number of hydrogen-bond acceptors (Lipinski definition) is 5. The van der Waals surface area contributed by atoms with Crippen molar-refractivity contribution >= 4 is 16.9 Å². The molecule has 5 rings (SSSR count). The Hall–Kier alpha value is -2.34. The van der Waals surface area contributed by atoms with E-state index in [4.69, 9.17) is 9.15 Å². The lowest BCUT2D eigenvalue weighted by atomic mass is 9.71. The van der Waals surface area contributed by atoms with Crippen molar-refractivity contribution in [3.05, 3.63) is 39.2 Å². The van der Waals surface area contributed by atoms with Crippen LogP contribution in [0, 0.1) is 12.8 Å². The maximum absolute atomic E-state index is 13.0. The highest BCUT2D eigenvalue weighted by Crippen LogP contribution is 2.40. The molecule has 1 saturated heterocycles. The standard InChI is InChI=1S/C25H31NO5/c1-16-12-20(23-18-7-2-3-8-19(18)24(28)31-21(23)13-16)30-15-22(27)26-11-10-25(29)9-5-4-6-17(25)14-26/h12-13,17,29H,2-11,14-15H2,1H3/t17-,25-/m1/s1. The summed E-state index contributed by atoms with van der Waals surface area (Å²) in [6.07, 6.45) is 8.27. The van der Waals surface area contributed by atoms with Gasteiger partial charge in [-0.2, -0.15) is 0 Å². The highest BCUT2D eigenvalue weighted by Gasteiger charge is 2.43. The summed E-state index contributed by atoms with van der Waals surface area (Å²) in [5.41, 5.74) is 2.40. The van der Waals surface area contributed by atoms with Gasteiger partial charge in [0.15, 0.2) is 6.61 Å². The number of benzene rings is 1. The van der Waals surface area contributed by atoms with Gasteiger partial charge in [-0.15, -0.1) is 0 Å². The molecule has 2 aromatic rings. The Morgan fingerprint density at radius 1 is 1.19 bits per heavy atom. The van der Waals surface area contributed by atoms with Crippen LogP contribution < -0.4 is 10.4 Å². The molecule has 0 spiro atoms. The van der Waals surface area contributed by atoms with Crippen molar-refractivity contribution in [1.29, 1.82) is 0 Å². The van der Waals surface area contributed by atoms with E-state index in [2.05, 4.69) is 0 Å². The lowest BCUT2D eigenvalue weighted by Crippen LogP contribution is -2.55. The highest BCUT2D eigenvalue weighted by atomic mass is 16.5. The van der Waals surface area contributed by atoms with E-state index in [-0.39, 0.29) is 24.1 Å². The molecule has 166 valence electrons. The molecule has 2 atom stereocenters. The third-order valence-electron chi connectivity index (χ3n) is 7.56. The molecule has 0 bridgehead atoms. The van der Waals surface area contributed by atoms with Gasteiger partial charge in [0, 0.05) is 24.6 Å². The summed E-state index contributed by atoms with van der Waals surface area (Å²) < 4.78 is 11.7. The van der Waals surface area contributed by atoms with Crippen molar-refractivity contribution in [3.63, 3.8) is 0 Å². The molecule has 6 nitrogen and oxygen atoms in total. The number of hydrogen-bond donors (Lipinski definition) is 1. The summed E-state index contributed by atoms with van der Waals surface area (Å²) in [5.74, 6) is 0.741. The molecule has 0 unspecified atom stereocenters. The third kappa shape index (κ3) is 3.75. The van der Waals surface area contributed by atoms with E-state index in [0.29, 0.717) is 30.8 Å². The van der Waals surface area contributed by atoms with Crippen LogP contribution in [0.25, 0.3) is 11.0 Å². The van der Waals surface area contributed by atoms with Crippen LogP contribution in [0.1, 0.15) is 61.6 Å². The van der Waals surface area contributed by atoms with E-state index in [1.807, 2.05) is 24.0 Å². The van der Waals surface area contributed by atoms with Crippen LogP contribution in [-0.2, 0) is 17.6 Å². The first-order valence-electron chi connectivity index (χ1n) is 11.7. The van der Waals surface area contributed by atoms with Crippen molar-refractivity contribution < 1.29 is 19.1 Å². The molecule has 0 radical (unpaired) electrons. The second-order valence-electron chi connectivity index (χ2n) is 9.61. The number of carbonyl (C=O) groups excluding carboxylic acids is 1. The van der Waals surface area contributed by atoms with Crippen LogP contribution in [0.2, 0.25) is 0 Å². The minimum absolute atomic E-state index is 0.0440. The van der Waals surface area contributed by atoms with E-state index in [1.165, 1.54) is 0 Å². The zero-order valence-corrected chi connectivity index (χ0v) is 18.2. The molecule has 2 aliphatic carbocycles. The zero-order valence-electron chi connectivity index (χ0n) is 18.2. The Morgan fingerprint density at radius 2 is 2.00 bits per heavy atom. The van der Waals surface area contributed by atoms with E-state index < -0.39 is 5.60 Å². The van der Waals surface area contributed by atoms with Crippen LogP contribution >= 0.6 is 0 Å². The second-order valence-corrected chi connectivity index (χ2v) is 9.61. The minimum Gasteiger partial charge on any atom is -0.483 e. The number of rotatable bonds is 3. The molecule has 1 amide bonds. The molecular formula is C25H31NO5. The molecular weight excluding hydrogens is 394 g/mol. The summed E-state index contributed by atoms with van der Waals surface area (Å²) in [7, 11) is 0. The first kappa shape index (κ1) is 20.6. The third-order valence-corrected chi connectivity index (χ3v) is 7.56. The molecule has 1 N–H and O–H groups in total. The lowest BCUT2D eigenvalue weighted by molar-refractivity contribution is -0.145. The van der Waals surface area contributed by atoms with Gasteiger partial charge in [0.25, 0.3) is 5.91 Å². The number of likely N-dealkylation sites (tertiary alicyclic amines) is 1. The molecule has 3 aliphatic rings. The van der Waals surface area contributed by atoms with Crippen LogP contribution in [0.3, 0.4) is 0 Å². The van der Waals surface area contributed by atoms with Gasteiger partial charge in [0.05, 0.1) is 11.0 Å². The van der Waals surface area contributed by atoms with Gasteiger partial charge in [0.1, 0.15) is 11.3 Å². The SMILES string of the molecule is Cc1cc(OCC(=O)N2CC[C@]3(O)CCCC[C@@H]3C2)c2c3c(c(=O)oc2c1)CCCC3. The van der Waals surface area contributed by atoms with Crippen molar-refractivity contribution in [2.45, 2.75) is 70.3 Å². The molecule has 2 fully saturated rings. The molecule has 1 aromatic heterocycles. The van der Waals surface area contributed by atoms with Gasteiger partial charge in [-0.05, 0) is 75.1 Å². The number of carbonyl (C=O) groups is 1. The Labute approximate surface area is 182 Å². The van der Waals surface area contributed by atoms with E-state index in [1.54, 1.807) is 0 Å². The van der Waals surface area contributed by atoms with Crippen molar-refractivity contribution in [2.24, 2.45) is 5.92 Å². The monoisotopic (exact) mass is 425 g/mol. The number of aliphatic hydroxyl groups is 1. The van der Waals surface area contributed by atoms with Crippen molar-refractivity contribution in [1.82, 2.24) is 4.90 Å². The Balaban J connectivity index is 1.37. The number of ether oxygens (including phenoxy) is 1. The summed E-state index contributed by atoms with van der Waals surface area (Å²) in [6.45, 7) is 3.07. The van der Waals surface area contributed by atoms with Gasteiger partial charge in [0.2, 0.25) is 0 Å². The summed E-state index contributed by atoms with van der Waals surface area (Å²) in [5, 5.41) is 11.7. The fourth-order valence-corrected chi connectivity index (χ4v) is 5.81. The molecule has 1 aromatic carbocycles. The fraction of sp³-hybridized carbons (Fsp3) is 0.600. The minimum atomic E-state index is -0.598. The molecule has 2 heterocycles. The average Bonchev–Trinajstić information content (AvgIpc) is 2.76. The quantitative estimate of drug-likeness (QED) is 0.762.